The lowest BCUT2D eigenvalue weighted by atomic mass is 10.1. The number of benzene rings is 1. The molecule has 20 heavy (non-hydrogen) atoms. The minimum absolute atomic E-state index is 0.191. The molecule has 1 aromatic rings. The van der Waals surface area contributed by atoms with Crippen LogP contribution in [-0.4, -0.2) is 17.9 Å². The number of rotatable bonds is 6. The molecule has 0 heterocycles. The van der Waals surface area contributed by atoms with Crippen LogP contribution in [0.15, 0.2) is 18.2 Å². The van der Waals surface area contributed by atoms with E-state index in [2.05, 4.69) is 5.32 Å². The summed E-state index contributed by atoms with van der Waals surface area (Å²) in [7, 11) is 0. The van der Waals surface area contributed by atoms with Crippen molar-refractivity contribution < 1.29 is 18.4 Å². The van der Waals surface area contributed by atoms with Gasteiger partial charge in [0, 0.05) is 6.07 Å². The molecule has 0 spiro atoms. The lowest BCUT2D eigenvalue weighted by Gasteiger charge is -2.15. The topological polar surface area (TPSA) is 72.2 Å². The summed E-state index contributed by atoms with van der Waals surface area (Å²) in [5.41, 5.74) is 5.45. The van der Waals surface area contributed by atoms with Crippen LogP contribution in [0.25, 0.3) is 0 Å². The van der Waals surface area contributed by atoms with Crippen LogP contribution < -0.4 is 11.1 Å². The van der Waals surface area contributed by atoms with Gasteiger partial charge in [0.1, 0.15) is 17.7 Å². The van der Waals surface area contributed by atoms with Gasteiger partial charge >= 0.3 is 0 Å². The van der Waals surface area contributed by atoms with Crippen LogP contribution in [0, 0.1) is 17.6 Å². The number of primary amides is 1. The largest absolute Gasteiger partial charge is 0.368 e. The van der Waals surface area contributed by atoms with E-state index in [4.69, 9.17) is 5.73 Å². The number of hydrogen-bond acceptors (Lipinski definition) is 2. The molecule has 1 aromatic carbocycles. The second-order valence-corrected chi connectivity index (χ2v) is 5.16. The van der Waals surface area contributed by atoms with E-state index in [0.29, 0.717) is 12.3 Å². The Kier molecular flexibility index (Phi) is 4.32. The zero-order chi connectivity index (χ0) is 14.7. The number of nitrogens with one attached hydrogen (secondary N) is 1. The van der Waals surface area contributed by atoms with Gasteiger partial charge in [0.25, 0.3) is 0 Å². The summed E-state index contributed by atoms with van der Waals surface area (Å²) in [4.78, 5) is 23.0. The van der Waals surface area contributed by atoms with E-state index < -0.39 is 29.5 Å². The highest BCUT2D eigenvalue weighted by molar-refractivity contribution is 5.87. The average Bonchev–Trinajstić information content (AvgIpc) is 3.10. The van der Waals surface area contributed by atoms with E-state index in [1.54, 1.807) is 0 Å². The fourth-order valence-electron chi connectivity index (χ4n) is 2.08. The van der Waals surface area contributed by atoms with E-state index in [9.17, 15) is 18.4 Å². The number of carbonyl (C=O) groups is 2. The predicted molar refractivity (Wildman–Crippen MR) is 68.5 cm³/mol. The summed E-state index contributed by atoms with van der Waals surface area (Å²) < 4.78 is 26.0. The second kappa shape index (κ2) is 5.98. The predicted octanol–water partition coefficient (Wildman–Crippen LogP) is 1.28. The first-order valence-corrected chi connectivity index (χ1v) is 6.47. The Hall–Kier alpha value is -1.98. The number of amides is 2. The third-order valence-electron chi connectivity index (χ3n) is 3.23. The normalized spacial score (nSPS) is 15.7. The Morgan fingerprint density at radius 2 is 1.85 bits per heavy atom. The van der Waals surface area contributed by atoms with Crippen molar-refractivity contribution in [3.05, 3.63) is 35.4 Å². The maximum Gasteiger partial charge on any atom is 0.240 e. The van der Waals surface area contributed by atoms with Crippen LogP contribution >= 0.6 is 0 Å². The smallest absolute Gasteiger partial charge is 0.240 e. The van der Waals surface area contributed by atoms with Gasteiger partial charge in [-0.1, -0.05) is 12.8 Å². The highest BCUT2D eigenvalue weighted by atomic mass is 19.1. The fraction of sp³-hybridized carbons (Fsp3) is 0.429. The lowest BCUT2D eigenvalue weighted by Crippen LogP contribution is -2.45. The summed E-state index contributed by atoms with van der Waals surface area (Å²) >= 11 is 0. The SMILES string of the molecule is NC(=O)[C@@H](CC1CC1)NC(=O)Cc1cc(F)cc(F)c1. The molecule has 1 aliphatic carbocycles. The molecule has 1 aliphatic rings. The first-order chi connectivity index (χ1) is 9.44. The Bertz CT molecular complexity index is 510. The van der Waals surface area contributed by atoms with Gasteiger partial charge in [0.15, 0.2) is 0 Å². The van der Waals surface area contributed by atoms with E-state index in [1.165, 1.54) is 0 Å². The molecule has 0 unspecified atom stereocenters. The molecule has 0 aromatic heterocycles. The molecule has 108 valence electrons. The van der Waals surface area contributed by atoms with Crippen LogP contribution in [0.1, 0.15) is 24.8 Å². The van der Waals surface area contributed by atoms with Gasteiger partial charge in [-0.25, -0.2) is 8.78 Å². The highest BCUT2D eigenvalue weighted by Gasteiger charge is 2.29. The Labute approximate surface area is 115 Å². The van der Waals surface area contributed by atoms with E-state index in [1.807, 2.05) is 0 Å². The summed E-state index contributed by atoms with van der Waals surface area (Å²) in [6.45, 7) is 0. The minimum Gasteiger partial charge on any atom is -0.368 e. The first-order valence-electron chi connectivity index (χ1n) is 6.47. The summed E-state index contributed by atoms with van der Waals surface area (Å²) in [5.74, 6) is -2.11. The van der Waals surface area contributed by atoms with E-state index in [-0.39, 0.29) is 12.0 Å². The molecule has 0 bridgehead atoms. The van der Waals surface area contributed by atoms with Crippen molar-refractivity contribution in [1.29, 1.82) is 0 Å². The van der Waals surface area contributed by atoms with E-state index in [0.717, 1.165) is 31.0 Å². The van der Waals surface area contributed by atoms with Gasteiger partial charge in [-0.05, 0) is 30.0 Å². The molecule has 1 saturated carbocycles. The van der Waals surface area contributed by atoms with Crippen molar-refractivity contribution >= 4 is 11.8 Å². The molecule has 3 N–H and O–H groups in total. The van der Waals surface area contributed by atoms with Gasteiger partial charge < -0.3 is 11.1 Å². The van der Waals surface area contributed by atoms with Gasteiger partial charge in [-0.2, -0.15) is 0 Å². The highest BCUT2D eigenvalue weighted by Crippen LogP contribution is 2.33. The van der Waals surface area contributed by atoms with Crippen LogP contribution in [0.5, 0.6) is 0 Å². The van der Waals surface area contributed by atoms with Gasteiger partial charge in [-0.3, -0.25) is 9.59 Å². The van der Waals surface area contributed by atoms with Crippen molar-refractivity contribution in [1.82, 2.24) is 5.32 Å². The minimum atomic E-state index is -0.739. The third-order valence-corrected chi connectivity index (χ3v) is 3.23. The second-order valence-electron chi connectivity index (χ2n) is 5.16. The van der Waals surface area contributed by atoms with Crippen molar-refractivity contribution in [2.45, 2.75) is 31.7 Å². The molecule has 0 aliphatic heterocycles. The number of hydrogen-bond donors (Lipinski definition) is 2. The van der Waals surface area contributed by atoms with Gasteiger partial charge in [0.05, 0.1) is 6.42 Å². The molecule has 1 fully saturated rings. The zero-order valence-corrected chi connectivity index (χ0v) is 10.9. The lowest BCUT2D eigenvalue weighted by molar-refractivity contribution is -0.127. The number of nitrogens with two attached hydrogens (primary N) is 1. The third kappa shape index (κ3) is 4.29. The Morgan fingerprint density at radius 1 is 1.25 bits per heavy atom. The molecule has 0 saturated heterocycles. The van der Waals surface area contributed by atoms with Crippen molar-refractivity contribution in [3.63, 3.8) is 0 Å². The average molecular weight is 282 g/mol. The number of halogens is 2. The Morgan fingerprint density at radius 3 is 2.35 bits per heavy atom. The van der Waals surface area contributed by atoms with Crippen LogP contribution in [-0.2, 0) is 16.0 Å². The molecule has 2 amide bonds. The molecular weight excluding hydrogens is 266 g/mol. The van der Waals surface area contributed by atoms with Crippen LogP contribution in [0.4, 0.5) is 8.78 Å². The van der Waals surface area contributed by atoms with Gasteiger partial charge in [-0.15, -0.1) is 0 Å². The maximum absolute atomic E-state index is 13.0. The molecule has 6 heteroatoms. The van der Waals surface area contributed by atoms with Crippen LogP contribution in [0.3, 0.4) is 0 Å². The number of carbonyl (C=O) groups excluding carboxylic acids is 2. The first kappa shape index (κ1) is 14.4. The van der Waals surface area contributed by atoms with Crippen LogP contribution in [0.2, 0.25) is 0 Å². The van der Waals surface area contributed by atoms with Crippen molar-refractivity contribution in [3.8, 4) is 0 Å². The molecule has 4 nitrogen and oxygen atoms in total. The molecular formula is C14H16F2N2O2. The quantitative estimate of drug-likeness (QED) is 0.825. The monoisotopic (exact) mass is 282 g/mol. The van der Waals surface area contributed by atoms with Crippen molar-refractivity contribution in [2.75, 3.05) is 0 Å². The Balaban J connectivity index is 1.94. The zero-order valence-electron chi connectivity index (χ0n) is 10.9. The van der Waals surface area contributed by atoms with Gasteiger partial charge in [0.2, 0.25) is 11.8 Å². The maximum atomic E-state index is 13.0. The molecule has 1 atom stereocenters. The molecule has 0 radical (unpaired) electrons. The standard InChI is InChI=1S/C14H16F2N2O2/c15-10-3-9(4-11(16)7-10)6-13(19)18-12(14(17)20)5-8-1-2-8/h3-4,7-8,12H,1-2,5-6H2,(H2,17,20)(H,18,19)/t12-/m1/s1. The summed E-state index contributed by atoms with van der Waals surface area (Å²) in [6.07, 6.45) is 2.41. The summed E-state index contributed by atoms with van der Waals surface area (Å²) in [6, 6.07) is 2.19. The summed E-state index contributed by atoms with van der Waals surface area (Å²) in [5, 5.41) is 2.52. The molecule has 2 rings (SSSR count). The fourth-order valence-corrected chi connectivity index (χ4v) is 2.08. The van der Waals surface area contributed by atoms with E-state index >= 15 is 0 Å². The van der Waals surface area contributed by atoms with Crippen molar-refractivity contribution in [2.24, 2.45) is 11.7 Å².